The molecule has 2 nitrogen and oxygen atoms in total. The Balaban J connectivity index is 3.19. The van der Waals surface area contributed by atoms with Crippen molar-refractivity contribution in [3.8, 4) is 5.75 Å². The van der Waals surface area contributed by atoms with Crippen molar-refractivity contribution in [2.45, 2.75) is 37.7 Å². The molecule has 0 aliphatic carbocycles. The molecule has 1 aromatic carbocycles. The van der Waals surface area contributed by atoms with Crippen molar-refractivity contribution in [1.29, 1.82) is 0 Å². The molecule has 1 rings (SSSR count). The minimum absolute atomic E-state index is 0.212. The van der Waals surface area contributed by atoms with E-state index in [0.29, 0.717) is 4.99 Å². The van der Waals surface area contributed by atoms with Gasteiger partial charge in [-0.25, -0.2) is 0 Å². The molecule has 0 spiro atoms. The van der Waals surface area contributed by atoms with Crippen LogP contribution < -0.4 is 10.5 Å². The van der Waals surface area contributed by atoms with E-state index >= 15 is 0 Å². The monoisotopic (exact) mass is 269 g/mol. The van der Waals surface area contributed by atoms with Gasteiger partial charge in [0, 0.05) is 4.90 Å². The molecule has 0 fully saturated rings. The third kappa shape index (κ3) is 3.61. The summed E-state index contributed by atoms with van der Waals surface area (Å²) in [6.07, 6.45) is 2.93. The van der Waals surface area contributed by atoms with Crippen LogP contribution in [0.1, 0.15) is 32.8 Å². The molecular weight excluding hydrogens is 250 g/mol. The molecule has 0 aliphatic rings. The first-order valence-corrected chi connectivity index (χ1v) is 7.20. The largest absolute Gasteiger partial charge is 0.487 e. The lowest BCUT2D eigenvalue weighted by Crippen LogP contribution is -2.28. The van der Waals surface area contributed by atoms with Crippen LogP contribution in [0.3, 0.4) is 0 Å². The highest BCUT2D eigenvalue weighted by Crippen LogP contribution is 2.31. The van der Waals surface area contributed by atoms with E-state index in [2.05, 4.69) is 20.8 Å². The number of thiocarbonyl (C=S) groups is 1. The van der Waals surface area contributed by atoms with Crippen molar-refractivity contribution < 1.29 is 4.74 Å². The van der Waals surface area contributed by atoms with Gasteiger partial charge in [-0.05, 0) is 38.7 Å². The van der Waals surface area contributed by atoms with E-state index in [0.717, 1.165) is 22.6 Å². The zero-order valence-electron chi connectivity index (χ0n) is 10.7. The Morgan fingerprint density at radius 2 is 2.12 bits per heavy atom. The summed E-state index contributed by atoms with van der Waals surface area (Å²) in [5.41, 5.74) is 6.42. The van der Waals surface area contributed by atoms with Crippen LogP contribution in [0.5, 0.6) is 5.75 Å². The zero-order chi connectivity index (χ0) is 13.1. The molecule has 0 radical (unpaired) electrons. The van der Waals surface area contributed by atoms with E-state index in [1.165, 1.54) is 0 Å². The quantitative estimate of drug-likeness (QED) is 0.654. The summed E-state index contributed by atoms with van der Waals surface area (Å²) in [7, 11) is 0. The number of benzene rings is 1. The number of ether oxygens (including phenoxy) is 1. The van der Waals surface area contributed by atoms with Crippen LogP contribution in [-0.2, 0) is 0 Å². The molecule has 2 N–H and O–H groups in total. The molecule has 0 bridgehead atoms. The summed E-state index contributed by atoms with van der Waals surface area (Å²) in [6.45, 7) is 6.21. The lowest BCUT2D eigenvalue weighted by atomic mass is 10.1. The van der Waals surface area contributed by atoms with Crippen LogP contribution >= 0.6 is 24.0 Å². The second kappa shape index (κ2) is 5.74. The number of thioether (sulfide) groups is 1. The smallest absolute Gasteiger partial charge is 0.131 e. The maximum absolute atomic E-state index is 6.01. The van der Waals surface area contributed by atoms with Crippen molar-refractivity contribution in [2.24, 2.45) is 5.73 Å². The normalized spacial score (nSPS) is 11.3. The van der Waals surface area contributed by atoms with Gasteiger partial charge in [-0.2, -0.15) is 0 Å². The number of nitrogens with two attached hydrogens (primary N) is 1. The Hall–Kier alpha value is -0.740. The lowest BCUT2D eigenvalue weighted by Gasteiger charge is -2.26. The summed E-state index contributed by atoms with van der Waals surface area (Å²) in [5, 5.41) is 0. The predicted molar refractivity (Wildman–Crippen MR) is 79.1 cm³/mol. The number of hydrogen-bond acceptors (Lipinski definition) is 3. The predicted octanol–water partition coefficient (Wildman–Crippen LogP) is 3.61. The molecule has 1 aromatic rings. The summed E-state index contributed by atoms with van der Waals surface area (Å²) >= 11 is 6.74. The molecule has 4 heteroatoms. The Kier molecular flexibility index (Phi) is 4.83. The van der Waals surface area contributed by atoms with Gasteiger partial charge in [-0.1, -0.05) is 25.2 Å². The van der Waals surface area contributed by atoms with E-state index < -0.39 is 0 Å². The maximum Gasteiger partial charge on any atom is 0.131 e. The molecule has 0 amide bonds. The van der Waals surface area contributed by atoms with Gasteiger partial charge in [0.25, 0.3) is 0 Å². The van der Waals surface area contributed by atoms with Crippen LogP contribution in [0.25, 0.3) is 0 Å². The van der Waals surface area contributed by atoms with Crippen LogP contribution in [0, 0.1) is 0 Å². The van der Waals surface area contributed by atoms with Crippen molar-refractivity contribution >= 4 is 29.0 Å². The van der Waals surface area contributed by atoms with Crippen molar-refractivity contribution in [2.75, 3.05) is 6.26 Å². The highest BCUT2D eigenvalue weighted by atomic mass is 32.2. The Morgan fingerprint density at radius 3 is 2.59 bits per heavy atom. The van der Waals surface area contributed by atoms with E-state index in [-0.39, 0.29) is 5.60 Å². The fraction of sp³-hybridized carbons (Fsp3) is 0.462. The van der Waals surface area contributed by atoms with Gasteiger partial charge in [0.15, 0.2) is 0 Å². The van der Waals surface area contributed by atoms with Crippen LogP contribution in [0.4, 0.5) is 0 Å². The average molecular weight is 269 g/mol. The van der Waals surface area contributed by atoms with E-state index in [1.807, 2.05) is 24.5 Å². The van der Waals surface area contributed by atoms with Crippen molar-refractivity contribution in [3.05, 3.63) is 23.8 Å². The second-order valence-electron chi connectivity index (χ2n) is 4.41. The third-order valence-corrected chi connectivity index (χ3v) is 3.68. The van der Waals surface area contributed by atoms with Crippen LogP contribution in [-0.4, -0.2) is 16.8 Å². The second-order valence-corrected chi connectivity index (χ2v) is 5.70. The molecule has 0 heterocycles. The summed E-state index contributed by atoms with van der Waals surface area (Å²) in [5.74, 6) is 0.774. The lowest BCUT2D eigenvalue weighted by molar-refractivity contribution is 0.105. The Bertz CT molecular complexity index is 416. The maximum atomic E-state index is 6.01. The molecule has 0 atom stereocenters. The van der Waals surface area contributed by atoms with Gasteiger partial charge in [-0.15, -0.1) is 11.8 Å². The summed E-state index contributed by atoms with van der Waals surface area (Å²) in [4.78, 5) is 1.44. The molecule has 0 saturated carbocycles. The van der Waals surface area contributed by atoms with Crippen LogP contribution in [0.15, 0.2) is 23.1 Å². The molecular formula is C13H19NOS2. The van der Waals surface area contributed by atoms with Crippen molar-refractivity contribution in [3.63, 3.8) is 0 Å². The van der Waals surface area contributed by atoms with Gasteiger partial charge in [-0.3, -0.25) is 0 Å². The molecule has 0 unspecified atom stereocenters. The standard InChI is InChI=1S/C13H19NOS2/c1-5-13(2,3)15-9-7-6-8-10(17-4)11(9)12(14)16/h6-8H,5H2,1-4H3,(H2,14,16). The molecule has 94 valence electrons. The van der Waals surface area contributed by atoms with Crippen LogP contribution in [0.2, 0.25) is 0 Å². The minimum Gasteiger partial charge on any atom is -0.487 e. The third-order valence-electron chi connectivity index (χ3n) is 2.69. The summed E-state index contributed by atoms with van der Waals surface area (Å²) in [6, 6.07) is 5.89. The first-order valence-electron chi connectivity index (χ1n) is 5.57. The van der Waals surface area contributed by atoms with Gasteiger partial charge in [0.1, 0.15) is 16.3 Å². The first-order chi connectivity index (χ1) is 7.91. The fourth-order valence-electron chi connectivity index (χ4n) is 1.38. The Labute approximate surface area is 113 Å². The van der Waals surface area contributed by atoms with Gasteiger partial charge < -0.3 is 10.5 Å². The summed E-state index contributed by atoms with van der Waals surface area (Å²) < 4.78 is 6.01. The highest BCUT2D eigenvalue weighted by molar-refractivity contribution is 7.98. The first kappa shape index (κ1) is 14.3. The average Bonchev–Trinajstić information content (AvgIpc) is 2.27. The molecule has 0 aliphatic heterocycles. The van der Waals surface area contributed by atoms with Gasteiger partial charge >= 0.3 is 0 Å². The van der Waals surface area contributed by atoms with Crippen molar-refractivity contribution in [1.82, 2.24) is 0 Å². The molecule has 17 heavy (non-hydrogen) atoms. The van der Waals surface area contributed by atoms with Gasteiger partial charge in [0.2, 0.25) is 0 Å². The number of rotatable bonds is 5. The topological polar surface area (TPSA) is 35.2 Å². The molecule has 0 aromatic heterocycles. The zero-order valence-corrected chi connectivity index (χ0v) is 12.4. The SMILES string of the molecule is CCC(C)(C)Oc1cccc(SC)c1C(N)=S. The van der Waals surface area contributed by atoms with E-state index in [9.17, 15) is 0 Å². The number of hydrogen-bond donors (Lipinski definition) is 1. The Morgan fingerprint density at radius 1 is 1.47 bits per heavy atom. The van der Waals surface area contributed by atoms with Gasteiger partial charge in [0.05, 0.1) is 5.56 Å². The minimum atomic E-state index is -0.212. The highest BCUT2D eigenvalue weighted by Gasteiger charge is 2.20. The molecule has 0 saturated heterocycles. The van der Waals surface area contributed by atoms with E-state index in [1.54, 1.807) is 11.8 Å². The van der Waals surface area contributed by atoms with E-state index in [4.69, 9.17) is 22.7 Å². The fourth-order valence-corrected chi connectivity index (χ4v) is 2.28.